The zero-order chi connectivity index (χ0) is 11.4. The van der Waals surface area contributed by atoms with E-state index in [1.165, 1.54) is 23.5 Å². The monoisotopic (exact) mass is 236 g/mol. The van der Waals surface area contributed by atoms with Gasteiger partial charge in [0.25, 0.3) is 5.91 Å². The summed E-state index contributed by atoms with van der Waals surface area (Å²) < 4.78 is 12.6. The maximum Gasteiger partial charge on any atom is 0.271 e. The molecule has 0 bridgehead atoms. The molecule has 0 radical (unpaired) electrons. The number of benzene rings is 1. The highest BCUT2D eigenvalue weighted by Crippen LogP contribution is 2.04. The third-order valence-electron chi connectivity index (χ3n) is 2.03. The van der Waals surface area contributed by atoms with Crippen molar-refractivity contribution in [3.8, 4) is 0 Å². The van der Waals surface area contributed by atoms with Gasteiger partial charge in [-0.2, -0.15) is 0 Å². The number of hydrogen-bond donors (Lipinski definition) is 1. The Balaban J connectivity index is 1.93. The van der Waals surface area contributed by atoms with Gasteiger partial charge >= 0.3 is 0 Å². The van der Waals surface area contributed by atoms with Crippen LogP contribution in [0.1, 0.15) is 16.1 Å². The molecule has 16 heavy (non-hydrogen) atoms. The third kappa shape index (κ3) is 2.64. The summed E-state index contributed by atoms with van der Waals surface area (Å²) in [6, 6.07) is 6.00. The third-order valence-corrected chi connectivity index (χ3v) is 2.62. The van der Waals surface area contributed by atoms with Crippen LogP contribution in [0, 0.1) is 5.82 Å². The minimum atomic E-state index is -0.283. The fraction of sp³-hybridized carbons (Fsp3) is 0.0909. The average Bonchev–Trinajstić information content (AvgIpc) is 2.81. The minimum absolute atomic E-state index is 0.217. The van der Waals surface area contributed by atoms with E-state index in [-0.39, 0.29) is 11.7 Å². The fourth-order valence-electron chi connectivity index (χ4n) is 1.20. The number of aromatic nitrogens is 1. The van der Waals surface area contributed by atoms with Crippen molar-refractivity contribution in [2.75, 3.05) is 0 Å². The lowest BCUT2D eigenvalue weighted by Crippen LogP contribution is -2.22. The highest BCUT2D eigenvalue weighted by atomic mass is 32.1. The Morgan fingerprint density at radius 1 is 1.38 bits per heavy atom. The van der Waals surface area contributed by atoms with E-state index in [1.54, 1.807) is 23.0 Å². The first-order chi connectivity index (χ1) is 7.75. The number of nitrogens with zero attached hydrogens (tertiary/aromatic N) is 1. The fourth-order valence-corrected chi connectivity index (χ4v) is 1.73. The smallest absolute Gasteiger partial charge is 0.271 e. The van der Waals surface area contributed by atoms with Crippen LogP contribution in [-0.2, 0) is 6.54 Å². The molecule has 0 aliphatic heterocycles. The van der Waals surface area contributed by atoms with Crippen LogP contribution in [0.25, 0.3) is 0 Å². The predicted octanol–water partition coefficient (Wildman–Crippen LogP) is 2.21. The second kappa shape index (κ2) is 4.85. The van der Waals surface area contributed by atoms with Crippen molar-refractivity contribution in [2.45, 2.75) is 6.54 Å². The van der Waals surface area contributed by atoms with Crippen LogP contribution in [0.2, 0.25) is 0 Å². The molecule has 0 unspecified atom stereocenters. The van der Waals surface area contributed by atoms with E-state index in [0.717, 1.165) is 5.56 Å². The zero-order valence-electron chi connectivity index (χ0n) is 8.31. The van der Waals surface area contributed by atoms with Gasteiger partial charge in [0, 0.05) is 11.9 Å². The molecule has 2 aromatic rings. The first-order valence-corrected chi connectivity index (χ1v) is 5.61. The van der Waals surface area contributed by atoms with Crippen LogP contribution >= 0.6 is 11.3 Å². The van der Waals surface area contributed by atoms with E-state index in [1.807, 2.05) is 0 Å². The van der Waals surface area contributed by atoms with E-state index in [0.29, 0.717) is 12.2 Å². The maximum atomic E-state index is 12.6. The normalized spacial score (nSPS) is 10.1. The Kier molecular flexibility index (Phi) is 3.26. The zero-order valence-corrected chi connectivity index (χ0v) is 9.13. The van der Waals surface area contributed by atoms with Gasteiger partial charge in [-0.25, -0.2) is 9.37 Å². The molecular formula is C11H9FN2OS. The lowest BCUT2D eigenvalue weighted by atomic mass is 10.2. The summed E-state index contributed by atoms with van der Waals surface area (Å²) in [6.45, 7) is 0.372. The summed E-state index contributed by atoms with van der Waals surface area (Å²) in [5.41, 5.74) is 2.87. The van der Waals surface area contributed by atoms with Gasteiger partial charge in [0.2, 0.25) is 0 Å². The first-order valence-electron chi connectivity index (χ1n) is 4.66. The topological polar surface area (TPSA) is 42.0 Å². The van der Waals surface area contributed by atoms with E-state index in [4.69, 9.17) is 0 Å². The van der Waals surface area contributed by atoms with Gasteiger partial charge in [0.05, 0.1) is 5.51 Å². The molecule has 3 nitrogen and oxygen atoms in total. The quantitative estimate of drug-likeness (QED) is 0.887. The molecule has 5 heteroatoms. The summed E-state index contributed by atoms with van der Waals surface area (Å²) >= 11 is 1.37. The number of hydrogen-bond acceptors (Lipinski definition) is 3. The number of carbonyl (C=O) groups excluding carboxylic acids is 1. The van der Waals surface area contributed by atoms with E-state index >= 15 is 0 Å². The molecule has 1 aromatic heterocycles. The largest absolute Gasteiger partial charge is 0.347 e. The summed E-state index contributed by atoms with van der Waals surface area (Å²) in [4.78, 5) is 15.4. The second-order valence-corrected chi connectivity index (χ2v) is 3.90. The summed E-state index contributed by atoms with van der Waals surface area (Å²) in [5, 5.41) is 4.38. The lowest BCUT2D eigenvalue weighted by molar-refractivity contribution is 0.0946. The van der Waals surface area contributed by atoms with Gasteiger partial charge in [-0.1, -0.05) is 12.1 Å². The van der Waals surface area contributed by atoms with Gasteiger partial charge in [-0.05, 0) is 17.7 Å². The van der Waals surface area contributed by atoms with Crippen LogP contribution in [0.15, 0.2) is 35.2 Å². The number of thiazole rings is 1. The summed E-state index contributed by atoms with van der Waals surface area (Å²) in [7, 11) is 0. The van der Waals surface area contributed by atoms with E-state index < -0.39 is 0 Å². The highest BCUT2D eigenvalue weighted by Gasteiger charge is 2.06. The summed E-state index contributed by atoms with van der Waals surface area (Å²) in [5.74, 6) is -0.500. The van der Waals surface area contributed by atoms with Gasteiger partial charge in [0.1, 0.15) is 11.5 Å². The molecule has 0 aliphatic carbocycles. The Bertz CT molecular complexity index is 467. The molecule has 82 valence electrons. The van der Waals surface area contributed by atoms with E-state index in [9.17, 15) is 9.18 Å². The van der Waals surface area contributed by atoms with Crippen LogP contribution < -0.4 is 5.32 Å². The SMILES string of the molecule is O=C(NCc1ccc(F)cc1)c1cscn1. The van der Waals surface area contributed by atoms with Gasteiger partial charge in [-0.15, -0.1) is 11.3 Å². The molecule has 1 aromatic carbocycles. The molecule has 0 fully saturated rings. The molecule has 0 saturated carbocycles. The number of amides is 1. The highest BCUT2D eigenvalue weighted by molar-refractivity contribution is 7.07. The van der Waals surface area contributed by atoms with Crippen LogP contribution in [-0.4, -0.2) is 10.9 Å². The Labute approximate surface area is 96.0 Å². The minimum Gasteiger partial charge on any atom is -0.347 e. The number of nitrogens with one attached hydrogen (secondary N) is 1. The maximum absolute atomic E-state index is 12.6. The predicted molar refractivity (Wildman–Crippen MR) is 59.7 cm³/mol. The van der Waals surface area contributed by atoms with Crippen molar-refractivity contribution in [3.05, 3.63) is 52.2 Å². The van der Waals surface area contributed by atoms with Gasteiger partial charge in [0.15, 0.2) is 0 Å². The van der Waals surface area contributed by atoms with Crippen molar-refractivity contribution in [1.29, 1.82) is 0 Å². The van der Waals surface area contributed by atoms with Crippen molar-refractivity contribution < 1.29 is 9.18 Å². The van der Waals surface area contributed by atoms with Gasteiger partial charge < -0.3 is 5.32 Å². The van der Waals surface area contributed by atoms with Crippen LogP contribution in [0.3, 0.4) is 0 Å². The Morgan fingerprint density at radius 3 is 2.75 bits per heavy atom. The molecule has 0 saturated heterocycles. The first kappa shape index (κ1) is 10.8. The van der Waals surface area contributed by atoms with Crippen molar-refractivity contribution in [3.63, 3.8) is 0 Å². The van der Waals surface area contributed by atoms with Crippen molar-refractivity contribution in [2.24, 2.45) is 0 Å². The van der Waals surface area contributed by atoms with Crippen LogP contribution in [0.4, 0.5) is 4.39 Å². The molecule has 1 heterocycles. The molecule has 1 N–H and O–H groups in total. The Hall–Kier alpha value is -1.75. The number of rotatable bonds is 3. The van der Waals surface area contributed by atoms with Gasteiger partial charge in [-0.3, -0.25) is 4.79 Å². The van der Waals surface area contributed by atoms with Crippen LogP contribution in [0.5, 0.6) is 0 Å². The average molecular weight is 236 g/mol. The molecule has 0 spiro atoms. The standard InChI is InChI=1S/C11H9FN2OS/c12-9-3-1-8(2-4-9)5-13-11(15)10-6-16-7-14-10/h1-4,6-7H,5H2,(H,13,15). The number of carbonyl (C=O) groups is 1. The Morgan fingerprint density at radius 2 is 2.12 bits per heavy atom. The number of halogens is 1. The molecule has 0 aliphatic rings. The molecule has 1 amide bonds. The van der Waals surface area contributed by atoms with Crippen molar-refractivity contribution >= 4 is 17.2 Å². The molecular weight excluding hydrogens is 227 g/mol. The van der Waals surface area contributed by atoms with Crippen molar-refractivity contribution in [1.82, 2.24) is 10.3 Å². The second-order valence-electron chi connectivity index (χ2n) is 3.18. The molecule has 0 atom stereocenters. The summed E-state index contributed by atoms with van der Waals surface area (Å²) in [6.07, 6.45) is 0. The molecule has 2 rings (SSSR count). The lowest BCUT2D eigenvalue weighted by Gasteiger charge is -2.02. The van der Waals surface area contributed by atoms with E-state index in [2.05, 4.69) is 10.3 Å².